The summed E-state index contributed by atoms with van der Waals surface area (Å²) in [6.07, 6.45) is 1.03. The van der Waals surface area contributed by atoms with Gasteiger partial charge < -0.3 is 15.4 Å². The zero-order chi connectivity index (χ0) is 16.6. The second-order valence-corrected chi connectivity index (χ2v) is 6.55. The minimum atomic E-state index is -4.02. The van der Waals surface area contributed by atoms with E-state index in [1.165, 1.54) is 12.1 Å². The SMILES string of the molecule is N#Cc1cc(N)ncc1S(=O)(=O)Nc1ccc2c(c1)B(O)OC2. The Bertz CT molecular complexity index is 926. The van der Waals surface area contributed by atoms with Crippen LogP contribution in [0.1, 0.15) is 11.1 Å². The first-order chi connectivity index (χ1) is 10.9. The number of aromatic nitrogens is 1. The van der Waals surface area contributed by atoms with Gasteiger partial charge in [-0.1, -0.05) is 6.07 Å². The summed E-state index contributed by atoms with van der Waals surface area (Å²) in [5.74, 6) is 0.0540. The van der Waals surface area contributed by atoms with Crippen molar-refractivity contribution in [3.05, 3.63) is 41.6 Å². The molecule has 4 N–H and O–H groups in total. The quantitative estimate of drug-likeness (QED) is 0.648. The van der Waals surface area contributed by atoms with Gasteiger partial charge in [0.05, 0.1) is 18.4 Å². The molecule has 116 valence electrons. The summed E-state index contributed by atoms with van der Waals surface area (Å²) < 4.78 is 32.3. The molecule has 23 heavy (non-hydrogen) atoms. The van der Waals surface area contributed by atoms with Gasteiger partial charge in [0.2, 0.25) is 0 Å². The zero-order valence-electron chi connectivity index (χ0n) is 11.7. The van der Waals surface area contributed by atoms with Crippen LogP contribution >= 0.6 is 0 Å². The minimum Gasteiger partial charge on any atom is -0.423 e. The lowest BCUT2D eigenvalue weighted by molar-refractivity contribution is 0.275. The van der Waals surface area contributed by atoms with Crippen molar-refractivity contribution in [2.24, 2.45) is 0 Å². The largest absolute Gasteiger partial charge is 0.491 e. The summed E-state index contributed by atoms with van der Waals surface area (Å²) >= 11 is 0. The lowest BCUT2D eigenvalue weighted by atomic mass is 9.79. The number of rotatable bonds is 3. The van der Waals surface area contributed by atoms with Gasteiger partial charge in [-0.15, -0.1) is 0 Å². The van der Waals surface area contributed by atoms with Gasteiger partial charge in [0.25, 0.3) is 10.0 Å². The van der Waals surface area contributed by atoms with E-state index in [1.54, 1.807) is 18.2 Å². The molecule has 0 unspecified atom stereocenters. The molecule has 2 heterocycles. The van der Waals surface area contributed by atoms with E-state index >= 15 is 0 Å². The third-order valence-corrected chi connectivity index (χ3v) is 4.77. The van der Waals surface area contributed by atoms with E-state index in [-0.39, 0.29) is 28.6 Å². The van der Waals surface area contributed by atoms with Crippen molar-refractivity contribution in [3.63, 3.8) is 0 Å². The van der Waals surface area contributed by atoms with Crippen LogP contribution in [-0.2, 0) is 21.3 Å². The standard InChI is InChI=1S/C13H11BN4O4S/c15-5-9-3-13(16)17-6-12(9)23(20,21)18-10-2-1-8-7-22-14(19)11(8)4-10/h1-4,6,18-19H,7H2,(H2,16,17). The molecule has 0 saturated carbocycles. The molecule has 0 bridgehead atoms. The van der Waals surface area contributed by atoms with E-state index in [1.807, 2.05) is 0 Å². The van der Waals surface area contributed by atoms with Crippen LogP contribution in [0.5, 0.6) is 0 Å². The second-order valence-electron chi connectivity index (χ2n) is 4.90. The third-order valence-electron chi connectivity index (χ3n) is 3.36. The summed E-state index contributed by atoms with van der Waals surface area (Å²) in [7, 11) is -5.10. The van der Waals surface area contributed by atoms with Crippen LogP contribution in [0.25, 0.3) is 0 Å². The Balaban J connectivity index is 1.97. The van der Waals surface area contributed by atoms with Crippen molar-refractivity contribution in [1.82, 2.24) is 4.98 Å². The fourth-order valence-corrected chi connectivity index (χ4v) is 3.38. The van der Waals surface area contributed by atoms with Crippen LogP contribution in [0.3, 0.4) is 0 Å². The van der Waals surface area contributed by atoms with Gasteiger partial charge in [0.15, 0.2) is 0 Å². The highest BCUT2D eigenvalue weighted by molar-refractivity contribution is 7.92. The number of hydrogen-bond acceptors (Lipinski definition) is 7. The molecule has 2 aromatic rings. The van der Waals surface area contributed by atoms with E-state index < -0.39 is 17.1 Å². The van der Waals surface area contributed by atoms with Gasteiger partial charge in [-0.25, -0.2) is 13.4 Å². The van der Waals surface area contributed by atoms with Gasteiger partial charge in [-0.2, -0.15) is 5.26 Å². The zero-order valence-corrected chi connectivity index (χ0v) is 12.5. The van der Waals surface area contributed by atoms with Gasteiger partial charge in [-0.05, 0) is 29.2 Å². The van der Waals surface area contributed by atoms with Crippen molar-refractivity contribution >= 4 is 34.1 Å². The Kier molecular flexibility index (Phi) is 3.69. The lowest BCUT2D eigenvalue weighted by Gasteiger charge is -2.10. The number of nitrogens with two attached hydrogens (primary N) is 1. The monoisotopic (exact) mass is 330 g/mol. The summed E-state index contributed by atoms with van der Waals surface area (Å²) in [5.41, 5.74) is 6.88. The van der Waals surface area contributed by atoms with Crippen LogP contribution in [0.4, 0.5) is 11.5 Å². The number of nitrogen functional groups attached to an aromatic ring is 1. The number of hydrogen-bond donors (Lipinski definition) is 3. The molecule has 0 radical (unpaired) electrons. The van der Waals surface area contributed by atoms with Crippen LogP contribution < -0.4 is 15.9 Å². The summed E-state index contributed by atoms with van der Waals surface area (Å²) in [6.45, 7) is 0.268. The number of anilines is 2. The third kappa shape index (κ3) is 2.85. The number of nitriles is 1. The van der Waals surface area contributed by atoms with Crippen molar-refractivity contribution in [2.75, 3.05) is 10.5 Å². The van der Waals surface area contributed by atoms with Crippen LogP contribution in [0, 0.1) is 11.3 Å². The number of pyridine rings is 1. The number of sulfonamides is 1. The second kappa shape index (κ2) is 5.55. The molecule has 1 aromatic heterocycles. The van der Waals surface area contributed by atoms with E-state index in [2.05, 4.69) is 9.71 Å². The molecular weight excluding hydrogens is 319 g/mol. The lowest BCUT2D eigenvalue weighted by Crippen LogP contribution is -2.28. The molecule has 1 aliphatic rings. The topological polar surface area (TPSA) is 138 Å². The van der Waals surface area contributed by atoms with Gasteiger partial charge >= 0.3 is 7.12 Å². The Morgan fingerprint density at radius 1 is 1.43 bits per heavy atom. The maximum Gasteiger partial charge on any atom is 0.491 e. The highest BCUT2D eigenvalue weighted by Crippen LogP contribution is 2.21. The van der Waals surface area contributed by atoms with E-state index in [0.717, 1.165) is 11.8 Å². The van der Waals surface area contributed by atoms with Gasteiger partial charge in [0, 0.05) is 5.69 Å². The first-order valence-corrected chi connectivity index (χ1v) is 8.00. The van der Waals surface area contributed by atoms with Crippen molar-refractivity contribution in [3.8, 4) is 6.07 Å². The van der Waals surface area contributed by atoms with E-state index in [9.17, 15) is 13.4 Å². The molecule has 0 atom stereocenters. The van der Waals surface area contributed by atoms with Gasteiger partial charge in [0.1, 0.15) is 16.8 Å². The molecular formula is C13H11BN4O4S. The Hall–Kier alpha value is -2.61. The number of nitrogens with zero attached hydrogens (tertiary/aromatic N) is 2. The molecule has 10 heteroatoms. The van der Waals surface area contributed by atoms with Crippen LogP contribution in [0.15, 0.2) is 35.4 Å². The first-order valence-electron chi connectivity index (χ1n) is 6.51. The first kappa shape index (κ1) is 15.3. The molecule has 1 aliphatic heterocycles. The minimum absolute atomic E-state index is 0.0540. The fourth-order valence-electron chi connectivity index (χ4n) is 2.25. The van der Waals surface area contributed by atoms with Gasteiger partial charge in [-0.3, -0.25) is 4.72 Å². The molecule has 0 fully saturated rings. The Labute approximate surface area is 132 Å². The normalized spacial score (nSPS) is 13.5. The molecule has 0 amide bonds. The average Bonchev–Trinajstić information content (AvgIpc) is 2.87. The smallest absolute Gasteiger partial charge is 0.423 e. The molecule has 0 saturated heterocycles. The molecule has 1 aromatic carbocycles. The Morgan fingerprint density at radius 3 is 2.96 bits per heavy atom. The van der Waals surface area contributed by atoms with Crippen LogP contribution in [0.2, 0.25) is 0 Å². The number of fused-ring (bicyclic) bond motifs is 1. The van der Waals surface area contributed by atoms with Crippen molar-refractivity contribution in [2.45, 2.75) is 11.5 Å². The number of nitrogens with one attached hydrogen (secondary N) is 1. The van der Waals surface area contributed by atoms with Crippen LogP contribution in [-0.4, -0.2) is 25.5 Å². The summed E-state index contributed by atoms with van der Waals surface area (Å²) in [5, 5.41) is 18.7. The van der Waals surface area contributed by atoms with E-state index in [0.29, 0.717) is 5.46 Å². The fraction of sp³-hybridized carbons (Fsp3) is 0.0769. The summed E-state index contributed by atoms with van der Waals surface area (Å²) in [6, 6.07) is 7.67. The molecule has 0 aliphatic carbocycles. The van der Waals surface area contributed by atoms with E-state index in [4.69, 9.17) is 15.6 Å². The van der Waals surface area contributed by atoms with Crippen molar-refractivity contribution < 1.29 is 18.1 Å². The Morgan fingerprint density at radius 2 is 2.22 bits per heavy atom. The highest BCUT2D eigenvalue weighted by Gasteiger charge is 2.28. The maximum atomic E-state index is 12.4. The molecule has 8 nitrogen and oxygen atoms in total. The maximum absolute atomic E-state index is 12.4. The predicted molar refractivity (Wildman–Crippen MR) is 83.0 cm³/mol. The summed E-state index contributed by atoms with van der Waals surface area (Å²) in [4.78, 5) is 3.44. The molecule has 0 spiro atoms. The van der Waals surface area contributed by atoms with Crippen molar-refractivity contribution in [1.29, 1.82) is 5.26 Å². The average molecular weight is 330 g/mol. The molecule has 3 rings (SSSR count). The highest BCUT2D eigenvalue weighted by atomic mass is 32.2. The predicted octanol–water partition coefficient (Wildman–Crippen LogP) is -0.446. The number of benzene rings is 1.